The number of rotatable bonds is 5. The van der Waals surface area contributed by atoms with Gasteiger partial charge in [0.15, 0.2) is 0 Å². The van der Waals surface area contributed by atoms with Crippen molar-refractivity contribution < 1.29 is 4.79 Å². The van der Waals surface area contributed by atoms with Crippen LogP contribution in [-0.2, 0) is 0 Å². The molecule has 0 aliphatic heterocycles. The minimum absolute atomic E-state index is 0.292. The molecule has 1 heterocycles. The van der Waals surface area contributed by atoms with E-state index in [0.717, 1.165) is 15.6 Å². The number of benzene rings is 2. The second-order valence-electron chi connectivity index (χ2n) is 5.29. The Labute approximate surface area is 163 Å². The van der Waals surface area contributed by atoms with Crippen LogP contribution in [0.4, 0.5) is 0 Å². The lowest BCUT2D eigenvalue weighted by atomic mass is 10.1. The van der Waals surface area contributed by atoms with Crippen molar-refractivity contribution in [3.63, 3.8) is 0 Å². The van der Waals surface area contributed by atoms with Crippen molar-refractivity contribution in [2.75, 3.05) is 0 Å². The van der Waals surface area contributed by atoms with Crippen molar-refractivity contribution in [3.8, 4) is 11.3 Å². The second-order valence-corrected chi connectivity index (χ2v) is 6.61. The highest BCUT2D eigenvalue weighted by Crippen LogP contribution is 2.26. The summed E-state index contributed by atoms with van der Waals surface area (Å²) in [5, 5.41) is 11.3. The fourth-order valence-corrected chi connectivity index (χ4v) is 2.80. The number of nitrogens with one attached hydrogen (secondary N) is 2. The van der Waals surface area contributed by atoms with Gasteiger partial charge in [-0.3, -0.25) is 9.89 Å². The third-order valence-electron chi connectivity index (χ3n) is 3.43. The number of H-pyrrole nitrogens is 1. The number of nitrogens with zero attached hydrogens (tertiary/aromatic N) is 2. The van der Waals surface area contributed by atoms with Gasteiger partial charge in [0.2, 0.25) is 0 Å². The number of hydrazone groups is 1. The van der Waals surface area contributed by atoms with Crippen LogP contribution >= 0.6 is 27.5 Å². The first-order valence-corrected chi connectivity index (χ1v) is 8.86. The van der Waals surface area contributed by atoms with Gasteiger partial charge in [-0.2, -0.15) is 10.2 Å². The maximum absolute atomic E-state index is 12.2. The maximum Gasteiger partial charge on any atom is 0.289 e. The predicted octanol–water partition coefficient (Wildman–Crippen LogP) is 4.88. The first-order valence-electron chi connectivity index (χ1n) is 7.69. The standard InChI is InChI=1S/C19H14BrClN4O/c20-14(10-13-6-2-1-3-7-13)12-22-25-19(26)18-11-17(23-24-18)15-8-4-5-9-16(15)21/h1-12H,(H,23,24)(H,25,26)/b14-10-,22-12-. The predicted molar refractivity (Wildman–Crippen MR) is 108 cm³/mol. The highest BCUT2D eigenvalue weighted by atomic mass is 79.9. The van der Waals surface area contributed by atoms with Crippen LogP contribution in [0.15, 0.2) is 70.2 Å². The molecule has 0 fully saturated rings. The molecule has 5 nitrogen and oxygen atoms in total. The Morgan fingerprint density at radius 1 is 1.15 bits per heavy atom. The molecule has 0 saturated carbocycles. The molecule has 0 radical (unpaired) electrons. The number of carbonyl (C=O) groups is 1. The molecule has 0 spiro atoms. The quantitative estimate of drug-likeness (QED) is 0.448. The minimum Gasteiger partial charge on any atom is -0.272 e. The van der Waals surface area contributed by atoms with Gasteiger partial charge >= 0.3 is 0 Å². The normalized spacial score (nSPS) is 11.7. The van der Waals surface area contributed by atoms with E-state index in [1.165, 1.54) is 6.21 Å². The summed E-state index contributed by atoms with van der Waals surface area (Å²) in [5.74, 6) is -0.396. The summed E-state index contributed by atoms with van der Waals surface area (Å²) in [6.45, 7) is 0. The molecule has 0 bridgehead atoms. The summed E-state index contributed by atoms with van der Waals surface area (Å²) in [6.07, 6.45) is 3.40. The van der Waals surface area contributed by atoms with Crippen LogP contribution in [0.25, 0.3) is 17.3 Å². The van der Waals surface area contributed by atoms with E-state index < -0.39 is 5.91 Å². The second kappa shape index (κ2) is 8.60. The average Bonchev–Trinajstić information content (AvgIpc) is 3.13. The van der Waals surface area contributed by atoms with Gasteiger partial charge in [0.1, 0.15) is 5.69 Å². The van der Waals surface area contributed by atoms with Crippen LogP contribution in [0.5, 0.6) is 0 Å². The number of hydrogen-bond acceptors (Lipinski definition) is 3. The third kappa shape index (κ3) is 4.68. The number of amides is 1. The molecule has 2 aromatic carbocycles. The average molecular weight is 430 g/mol. The lowest BCUT2D eigenvalue weighted by Crippen LogP contribution is -2.17. The van der Waals surface area contributed by atoms with Gasteiger partial charge in [0.25, 0.3) is 5.91 Å². The highest BCUT2D eigenvalue weighted by molar-refractivity contribution is 9.12. The molecule has 1 amide bonds. The monoisotopic (exact) mass is 428 g/mol. The molecular formula is C19H14BrClN4O. The van der Waals surface area contributed by atoms with Gasteiger partial charge in [0.05, 0.1) is 16.9 Å². The summed E-state index contributed by atoms with van der Waals surface area (Å²) in [7, 11) is 0. The molecular weight excluding hydrogens is 416 g/mol. The molecule has 26 heavy (non-hydrogen) atoms. The zero-order valence-corrected chi connectivity index (χ0v) is 15.8. The number of aromatic nitrogens is 2. The molecule has 7 heteroatoms. The number of carbonyl (C=O) groups excluding carboxylic acids is 1. The van der Waals surface area contributed by atoms with Gasteiger partial charge in [-0.25, -0.2) is 5.43 Å². The van der Waals surface area contributed by atoms with E-state index >= 15 is 0 Å². The molecule has 130 valence electrons. The fraction of sp³-hybridized carbons (Fsp3) is 0. The topological polar surface area (TPSA) is 70.1 Å². The van der Waals surface area contributed by atoms with Crippen LogP contribution in [0.2, 0.25) is 5.02 Å². The van der Waals surface area contributed by atoms with E-state index in [1.54, 1.807) is 12.1 Å². The van der Waals surface area contributed by atoms with E-state index in [-0.39, 0.29) is 0 Å². The number of halogens is 2. The lowest BCUT2D eigenvalue weighted by molar-refractivity contribution is 0.0950. The largest absolute Gasteiger partial charge is 0.289 e. The third-order valence-corrected chi connectivity index (χ3v) is 4.19. The Kier molecular flexibility index (Phi) is 5.99. The van der Waals surface area contributed by atoms with Crippen molar-refractivity contribution in [2.24, 2.45) is 5.10 Å². The van der Waals surface area contributed by atoms with Gasteiger partial charge in [-0.15, -0.1) is 0 Å². The summed E-state index contributed by atoms with van der Waals surface area (Å²) < 4.78 is 0.727. The Morgan fingerprint density at radius 3 is 2.65 bits per heavy atom. The SMILES string of the molecule is O=C(N/N=C\C(Br)=C\c1ccccc1)c1cc(-c2ccccc2Cl)n[nH]1. The van der Waals surface area contributed by atoms with Crippen LogP contribution in [0.3, 0.4) is 0 Å². The Balaban J connectivity index is 1.64. The number of allylic oxidation sites excluding steroid dienone is 1. The summed E-state index contributed by atoms with van der Waals surface area (Å²) in [6, 6.07) is 18.7. The van der Waals surface area contributed by atoms with E-state index in [0.29, 0.717) is 16.4 Å². The van der Waals surface area contributed by atoms with Crippen molar-refractivity contribution in [3.05, 3.63) is 81.4 Å². The summed E-state index contributed by atoms with van der Waals surface area (Å²) in [5.41, 5.74) is 5.11. The zero-order chi connectivity index (χ0) is 18.4. The van der Waals surface area contributed by atoms with Gasteiger partial charge in [-0.05, 0) is 39.7 Å². The van der Waals surface area contributed by atoms with Gasteiger partial charge in [0, 0.05) is 10.0 Å². The Morgan fingerprint density at radius 2 is 1.88 bits per heavy atom. The van der Waals surface area contributed by atoms with Crippen LogP contribution < -0.4 is 5.43 Å². The molecule has 2 N–H and O–H groups in total. The van der Waals surface area contributed by atoms with Crippen molar-refractivity contribution in [1.82, 2.24) is 15.6 Å². The van der Waals surface area contributed by atoms with Gasteiger partial charge < -0.3 is 0 Å². The van der Waals surface area contributed by atoms with Crippen LogP contribution in [0, 0.1) is 0 Å². The first-order chi connectivity index (χ1) is 12.6. The molecule has 1 aromatic heterocycles. The lowest BCUT2D eigenvalue weighted by Gasteiger charge is -1.98. The fourth-order valence-electron chi connectivity index (χ4n) is 2.20. The molecule has 0 saturated heterocycles. The molecule has 0 unspecified atom stereocenters. The van der Waals surface area contributed by atoms with Crippen molar-refractivity contribution >= 4 is 45.7 Å². The number of aromatic amines is 1. The van der Waals surface area contributed by atoms with E-state index in [1.807, 2.05) is 54.6 Å². The Bertz CT molecular complexity index is 966. The van der Waals surface area contributed by atoms with E-state index in [9.17, 15) is 4.79 Å². The smallest absolute Gasteiger partial charge is 0.272 e. The molecule has 0 aliphatic rings. The first kappa shape index (κ1) is 18.1. The maximum atomic E-state index is 12.2. The molecule has 3 rings (SSSR count). The van der Waals surface area contributed by atoms with E-state index in [2.05, 4.69) is 36.7 Å². The summed E-state index contributed by atoms with van der Waals surface area (Å²) in [4.78, 5) is 12.2. The van der Waals surface area contributed by atoms with Crippen LogP contribution in [-0.4, -0.2) is 22.3 Å². The van der Waals surface area contributed by atoms with Crippen LogP contribution in [0.1, 0.15) is 16.1 Å². The number of hydrogen-bond donors (Lipinski definition) is 2. The highest BCUT2D eigenvalue weighted by Gasteiger charge is 2.12. The molecule has 0 aliphatic carbocycles. The molecule has 3 aromatic rings. The van der Waals surface area contributed by atoms with E-state index in [4.69, 9.17) is 11.6 Å². The minimum atomic E-state index is -0.396. The zero-order valence-electron chi connectivity index (χ0n) is 13.5. The van der Waals surface area contributed by atoms with Crippen molar-refractivity contribution in [1.29, 1.82) is 0 Å². The summed E-state index contributed by atoms with van der Waals surface area (Å²) >= 11 is 9.53. The molecule has 0 atom stereocenters. The van der Waals surface area contributed by atoms with Gasteiger partial charge in [-0.1, -0.05) is 60.1 Å². The Hall–Kier alpha value is -2.70. The van der Waals surface area contributed by atoms with Crippen molar-refractivity contribution in [2.45, 2.75) is 0 Å².